The highest BCUT2D eigenvalue weighted by atomic mass is 16.5. The number of Topliss-reactive ketones (excluding diaryl/α,β-unsaturated/α-hetero) is 4. The van der Waals surface area contributed by atoms with Crippen molar-refractivity contribution in [2.75, 3.05) is 13.7 Å². The molecule has 2 atom stereocenters. The van der Waals surface area contributed by atoms with Crippen LogP contribution in [0.3, 0.4) is 0 Å². The Morgan fingerprint density at radius 3 is 1.82 bits per heavy atom. The van der Waals surface area contributed by atoms with Crippen molar-refractivity contribution >= 4 is 29.1 Å². The summed E-state index contributed by atoms with van der Waals surface area (Å²) in [6.45, 7) is 0.306. The van der Waals surface area contributed by atoms with Crippen LogP contribution in [0.4, 0.5) is 0 Å². The van der Waals surface area contributed by atoms with E-state index in [1.165, 1.54) is 12.1 Å². The standard InChI is InChI=1S/C26H21NO7/c1-34-23(32)24(26(33)21(30)16-9-4-5-10-17(16)22(26)31)13-25(27-12-6-11-18(24)27)19(28)14-7-2-3-8-15(14)20(25)29/h2-5,7-10,18,33H,6,11-13H2,1H3/t18-,24+/m0/s1. The average Bonchev–Trinajstić information content (AvgIpc) is 3.56. The summed E-state index contributed by atoms with van der Waals surface area (Å²) in [6.07, 6.45) is 0.325. The summed E-state index contributed by atoms with van der Waals surface area (Å²) >= 11 is 0. The number of esters is 1. The number of hydrogen-bond donors (Lipinski definition) is 1. The summed E-state index contributed by atoms with van der Waals surface area (Å²) in [6, 6.07) is 11.5. The maximum atomic E-state index is 13.8. The minimum absolute atomic E-state index is 0.0103. The van der Waals surface area contributed by atoms with E-state index in [4.69, 9.17) is 4.74 Å². The summed E-state index contributed by atoms with van der Waals surface area (Å²) in [5.41, 5.74) is -6.22. The van der Waals surface area contributed by atoms with Crippen molar-refractivity contribution in [3.63, 3.8) is 0 Å². The number of benzene rings is 2. The fourth-order valence-corrected chi connectivity index (χ4v) is 6.89. The second-order valence-electron chi connectivity index (χ2n) is 9.47. The third-order valence-corrected chi connectivity index (χ3v) is 8.28. The first kappa shape index (κ1) is 21.1. The second-order valence-corrected chi connectivity index (χ2v) is 9.47. The van der Waals surface area contributed by atoms with Crippen LogP contribution in [0.2, 0.25) is 0 Å². The van der Waals surface area contributed by atoms with Crippen LogP contribution in [-0.4, -0.2) is 69.9 Å². The van der Waals surface area contributed by atoms with Gasteiger partial charge in [-0.3, -0.25) is 28.9 Å². The number of nitrogens with zero attached hydrogens (tertiary/aromatic N) is 1. The van der Waals surface area contributed by atoms with Gasteiger partial charge in [0.25, 0.3) is 0 Å². The van der Waals surface area contributed by atoms with Gasteiger partial charge < -0.3 is 9.84 Å². The van der Waals surface area contributed by atoms with Crippen LogP contribution in [0.15, 0.2) is 48.5 Å². The highest BCUT2D eigenvalue weighted by molar-refractivity contribution is 6.36. The van der Waals surface area contributed by atoms with Gasteiger partial charge in [-0.2, -0.15) is 0 Å². The van der Waals surface area contributed by atoms with Gasteiger partial charge in [0.05, 0.1) is 7.11 Å². The fourth-order valence-electron chi connectivity index (χ4n) is 6.89. The fraction of sp³-hybridized carbons (Fsp3) is 0.346. The normalized spacial score (nSPS) is 28.4. The van der Waals surface area contributed by atoms with Crippen molar-refractivity contribution in [3.8, 4) is 0 Å². The van der Waals surface area contributed by atoms with Gasteiger partial charge in [0, 0.05) is 34.7 Å². The second kappa shape index (κ2) is 6.55. The Morgan fingerprint density at radius 2 is 1.35 bits per heavy atom. The Morgan fingerprint density at radius 1 is 0.882 bits per heavy atom. The molecule has 2 aromatic carbocycles. The molecular formula is C26H21NO7. The van der Waals surface area contributed by atoms with Crippen molar-refractivity contribution in [3.05, 3.63) is 70.8 Å². The number of rotatable bonds is 2. The van der Waals surface area contributed by atoms with Crippen molar-refractivity contribution in [1.29, 1.82) is 0 Å². The van der Waals surface area contributed by atoms with E-state index in [9.17, 15) is 29.1 Å². The zero-order valence-electron chi connectivity index (χ0n) is 18.4. The molecule has 0 amide bonds. The summed E-state index contributed by atoms with van der Waals surface area (Å²) in [5.74, 6) is -3.75. The molecule has 4 aliphatic rings. The monoisotopic (exact) mass is 459 g/mol. The van der Waals surface area contributed by atoms with Gasteiger partial charge in [0.1, 0.15) is 5.41 Å². The Kier molecular flexibility index (Phi) is 4.06. The third kappa shape index (κ3) is 2.01. The predicted octanol–water partition coefficient (Wildman–Crippen LogP) is 1.64. The lowest BCUT2D eigenvalue weighted by atomic mass is 9.61. The first-order valence-electron chi connectivity index (χ1n) is 11.2. The van der Waals surface area contributed by atoms with Crippen molar-refractivity contribution in [2.24, 2.45) is 5.41 Å². The van der Waals surface area contributed by atoms with Gasteiger partial charge in [0.15, 0.2) is 17.1 Å². The topological polar surface area (TPSA) is 118 Å². The zero-order chi connectivity index (χ0) is 24.0. The van der Waals surface area contributed by atoms with E-state index in [0.29, 0.717) is 19.4 Å². The zero-order valence-corrected chi connectivity index (χ0v) is 18.4. The molecule has 6 rings (SSSR count). The van der Waals surface area contributed by atoms with Crippen LogP contribution in [0.5, 0.6) is 0 Å². The maximum Gasteiger partial charge on any atom is 0.317 e. The summed E-state index contributed by atoms with van der Waals surface area (Å²) in [5, 5.41) is 12.0. The van der Waals surface area contributed by atoms with Crippen LogP contribution >= 0.6 is 0 Å². The molecule has 2 aromatic rings. The lowest BCUT2D eigenvalue weighted by Gasteiger charge is -2.41. The number of ketones is 4. The molecule has 0 aromatic heterocycles. The van der Waals surface area contributed by atoms with Gasteiger partial charge in [-0.1, -0.05) is 48.5 Å². The number of carbonyl (C=O) groups excluding carboxylic acids is 5. The van der Waals surface area contributed by atoms with E-state index in [0.717, 1.165) is 7.11 Å². The smallest absolute Gasteiger partial charge is 0.317 e. The largest absolute Gasteiger partial charge is 0.468 e. The summed E-state index contributed by atoms with van der Waals surface area (Å²) < 4.78 is 5.12. The molecule has 172 valence electrons. The number of carbonyl (C=O) groups is 5. The summed E-state index contributed by atoms with van der Waals surface area (Å²) in [7, 11) is 1.11. The van der Waals surface area contributed by atoms with E-state index >= 15 is 0 Å². The average molecular weight is 459 g/mol. The highest BCUT2D eigenvalue weighted by Crippen LogP contribution is 2.62. The van der Waals surface area contributed by atoms with E-state index in [2.05, 4.69) is 0 Å². The van der Waals surface area contributed by atoms with Crippen molar-refractivity contribution < 1.29 is 33.8 Å². The van der Waals surface area contributed by atoms with Crippen LogP contribution in [0, 0.1) is 5.41 Å². The lowest BCUT2D eigenvalue weighted by Crippen LogP contribution is -2.64. The third-order valence-electron chi connectivity index (χ3n) is 8.28. The quantitative estimate of drug-likeness (QED) is 0.532. The van der Waals surface area contributed by atoms with E-state index in [1.807, 2.05) is 0 Å². The number of hydrogen-bond acceptors (Lipinski definition) is 8. The lowest BCUT2D eigenvalue weighted by molar-refractivity contribution is -0.165. The molecule has 2 aliphatic heterocycles. The van der Waals surface area contributed by atoms with Crippen molar-refractivity contribution in [1.82, 2.24) is 4.90 Å². The minimum atomic E-state index is -2.80. The van der Waals surface area contributed by atoms with Crippen LogP contribution in [-0.2, 0) is 9.53 Å². The number of ether oxygens (including phenoxy) is 1. The maximum absolute atomic E-state index is 13.8. The van der Waals surface area contributed by atoms with Gasteiger partial charge in [-0.15, -0.1) is 0 Å². The molecule has 0 unspecified atom stereocenters. The molecule has 34 heavy (non-hydrogen) atoms. The first-order valence-corrected chi connectivity index (χ1v) is 11.2. The molecule has 0 saturated carbocycles. The summed E-state index contributed by atoms with van der Waals surface area (Å²) in [4.78, 5) is 70.1. The Labute approximate surface area is 194 Å². The van der Waals surface area contributed by atoms with Crippen molar-refractivity contribution in [2.45, 2.75) is 36.4 Å². The first-order chi connectivity index (χ1) is 16.3. The highest BCUT2D eigenvalue weighted by Gasteiger charge is 2.81. The molecule has 8 heteroatoms. The van der Waals surface area contributed by atoms with Crippen LogP contribution < -0.4 is 0 Å². The van der Waals surface area contributed by atoms with Gasteiger partial charge >= 0.3 is 5.97 Å². The molecule has 1 N–H and O–H groups in total. The number of fused-ring (bicyclic) bond motifs is 4. The van der Waals surface area contributed by atoms with E-state index in [1.54, 1.807) is 41.3 Å². The van der Waals surface area contributed by atoms with Crippen LogP contribution in [0.1, 0.15) is 60.7 Å². The predicted molar refractivity (Wildman–Crippen MR) is 117 cm³/mol. The van der Waals surface area contributed by atoms with Gasteiger partial charge in [-0.05, 0) is 19.4 Å². The molecule has 2 aliphatic carbocycles. The molecule has 2 heterocycles. The Balaban J connectivity index is 1.62. The van der Waals surface area contributed by atoms with Gasteiger partial charge in [0.2, 0.25) is 17.2 Å². The molecule has 2 fully saturated rings. The number of aliphatic hydroxyl groups is 1. The molecule has 1 spiro atoms. The SMILES string of the molecule is COC(=O)[C@@]1(C2(O)C(=O)c3ccccc3C2=O)CC2(C(=O)c3ccccc3C2=O)N2CCC[C@H]21. The Hall–Kier alpha value is -3.49. The molecule has 0 radical (unpaired) electrons. The minimum Gasteiger partial charge on any atom is -0.468 e. The molecule has 8 nitrogen and oxygen atoms in total. The van der Waals surface area contributed by atoms with E-state index in [-0.39, 0.29) is 22.3 Å². The molecule has 0 bridgehead atoms. The Bertz CT molecular complexity index is 1270. The van der Waals surface area contributed by atoms with Crippen LogP contribution in [0.25, 0.3) is 0 Å². The molecular weight excluding hydrogens is 438 g/mol. The van der Waals surface area contributed by atoms with Gasteiger partial charge in [-0.25, -0.2) is 0 Å². The molecule has 2 saturated heterocycles. The number of methoxy groups -OCH3 is 1. The van der Waals surface area contributed by atoms with E-state index < -0.39 is 58.1 Å².